The third-order valence-corrected chi connectivity index (χ3v) is 3.12. The van der Waals surface area contributed by atoms with Crippen molar-refractivity contribution in [3.63, 3.8) is 0 Å². The molecule has 2 atom stereocenters. The van der Waals surface area contributed by atoms with Crippen molar-refractivity contribution >= 4 is 0 Å². The Morgan fingerprint density at radius 3 is 3.06 bits per heavy atom. The van der Waals surface area contributed by atoms with Crippen molar-refractivity contribution in [1.29, 1.82) is 0 Å². The zero-order valence-corrected chi connectivity index (χ0v) is 10.2. The molecule has 1 fully saturated rings. The molecule has 0 bridgehead atoms. The number of aromatic nitrogens is 2. The molecule has 5 nitrogen and oxygen atoms in total. The number of nitrogens with zero attached hydrogens (tertiary/aromatic N) is 2. The van der Waals surface area contributed by atoms with E-state index in [1.807, 2.05) is 6.92 Å². The number of rotatable bonds is 4. The number of ether oxygens (including phenoxy) is 1. The quantitative estimate of drug-likeness (QED) is 0.811. The van der Waals surface area contributed by atoms with Crippen LogP contribution in [0.4, 0.5) is 0 Å². The van der Waals surface area contributed by atoms with E-state index in [-0.39, 0.29) is 6.04 Å². The van der Waals surface area contributed by atoms with Crippen molar-refractivity contribution in [2.75, 3.05) is 6.61 Å². The highest BCUT2D eigenvalue weighted by Crippen LogP contribution is 2.33. The van der Waals surface area contributed by atoms with Crippen LogP contribution in [0.1, 0.15) is 50.4 Å². The van der Waals surface area contributed by atoms with Crippen molar-refractivity contribution < 1.29 is 9.26 Å². The van der Waals surface area contributed by atoms with E-state index in [4.69, 9.17) is 15.0 Å². The SMILES string of the molecule is C=CCC(N)c1nc(C2(C)CCCCO2)no1. The van der Waals surface area contributed by atoms with Gasteiger partial charge in [0.15, 0.2) is 0 Å². The van der Waals surface area contributed by atoms with Gasteiger partial charge in [-0.25, -0.2) is 0 Å². The molecule has 1 aromatic heterocycles. The maximum absolute atomic E-state index is 5.88. The highest BCUT2D eigenvalue weighted by atomic mass is 16.5. The van der Waals surface area contributed by atoms with Crippen LogP contribution in [0.15, 0.2) is 17.2 Å². The Hall–Kier alpha value is -1.20. The second-order valence-electron chi connectivity index (χ2n) is 4.62. The van der Waals surface area contributed by atoms with Crippen LogP contribution in [-0.4, -0.2) is 16.7 Å². The summed E-state index contributed by atoms with van der Waals surface area (Å²) in [6.07, 6.45) is 5.50. The first-order chi connectivity index (χ1) is 8.15. The maximum Gasteiger partial charge on any atom is 0.243 e. The van der Waals surface area contributed by atoms with E-state index in [1.54, 1.807) is 6.08 Å². The fraction of sp³-hybridized carbons (Fsp3) is 0.667. The highest BCUT2D eigenvalue weighted by molar-refractivity contribution is 5.03. The fourth-order valence-electron chi connectivity index (χ4n) is 1.99. The van der Waals surface area contributed by atoms with E-state index in [2.05, 4.69) is 16.7 Å². The van der Waals surface area contributed by atoms with Gasteiger partial charge in [-0.1, -0.05) is 11.2 Å². The van der Waals surface area contributed by atoms with Crippen LogP contribution in [0.3, 0.4) is 0 Å². The van der Waals surface area contributed by atoms with Crippen molar-refractivity contribution in [3.8, 4) is 0 Å². The summed E-state index contributed by atoms with van der Waals surface area (Å²) >= 11 is 0. The van der Waals surface area contributed by atoms with Crippen LogP contribution in [0, 0.1) is 0 Å². The maximum atomic E-state index is 5.88. The smallest absolute Gasteiger partial charge is 0.243 e. The molecule has 2 N–H and O–H groups in total. The lowest BCUT2D eigenvalue weighted by molar-refractivity contribution is -0.0770. The minimum Gasteiger partial charge on any atom is -0.367 e. The molecule has 1 saturated heterocycles. The van der Waals surface area contributed by atoms with Crippen molar-refractivity contribution in [3.05, 3.63) is 24.4 Å². The third-order valence-electron chi connectivity index (χ3n) is 3.12. The molecular formula is C12H19N3O2. The predicted octanol–water partition coefficient (Wildman–Crippen LogP) is 2.06. The first-order valence-electron chi connectivity index (χ1n) is 6.00. The molecule has 2 unspecified atom stereocenters. The summed E-state index contributed by atoms with van der Waals surface area (Å²) in [5.41, 5.74) is 5.46. The summed E-state index contributed by atoms with van der Waals surface area (Å²) < 4.78 is 10.9. The molecule has 17 heavy (non-hydrogen) atoms. The summed E-state index contributed by atoms with van der Waals surface area (Å²) in [5, 5.41) is 3.99. The van der Waals surface area contributed by atoms with Gasteiger partial charge in [-0.2, -0.15) is 4.98 Å². The highest BCUT2D eigenvalue weighted by Gasteiger charge is 2.35. The van der Waals surface area contributed by atoms with Gasteiger partial charge in [0.1, 0.15) is 5.60 Å². The van der Waals surface area contributed by atoms with Crippen LogP contribution in [0.2, 0.25) is 0 Å². The zero-order valence-electron chi connectivity index (χ0n) is 10.2. The van der Waals surface area contributed by atoms with Gasteiger partial charge in [0.2, 0.25) is 11.7 Å². The van der Waals surface area contributed by atoms with E-state index in [0.29, 0.717) is 18.1 Å². The van der Waals surface area contributed by atoms with Gasteiger partial charge in [-0.05, 0) is 32.6 Å². The first kappa shape index (κ1) is 12.3. The largest absolute Gasteiger partial charge is 0.367 e. The molecule has 94 valence electrons. The summed E-state index contributed by atoms with van der Waals surface area (Å²) in [6.45, 7) is 6.39. The topological polar surface area (TPSA) is 74.2 Å². The summed E-state index contributed by atoms with van der Waals surface area (Å²) in [7, 11) is 0. The van der Waals surface area contributed by atoms with Crippen molar-refractivity contribution in [2.45, 2.75) is 44.2 Å². The van der Waals surface area contributed by atoms with Gasteiger partial charge in [0.25, 0.3) is 0 Å². The molecule has 1 aliphatic heterocycles. The van der Waals surface area contributed by atoms with Crippen LogP contribution in [0.5, 0.6) is 0 Å². The minimum absolute atomic E-state index is 0.277. The lowest BCUT2D eigenvalue weighted by Crippen LogP contribution is -2.31. The average molecular weight is 237 g/mol. The molecule has 1 aromatic rings. The second kappa shape index (κ2) is 4.98. The standard InChI is InChI=1S/C12H19N3O2/c1-3-6-9(13)10-14-11(15-17-10)12(2)7-4-5-8-16-12/h3,9H,1,4-8,13H2,2H3. The van der Waals surface area contributed by atoms with E-state index in [9.17, 15) is 0 Å². The van der Waals surface area contributed by atoms with E-state index in [0.717, 1.165) is 25.9 Å². The van der Waals surface area contributed by atoms with Gasteiger partial charge in [-0.3, -0.25) is 0 Å². The zero-order chi connectivity index (χ0) is 12.3. The average Bonchev–Trinajstić information content (AvgIpc) is 2.80. The van der Waals surface area contributed by atoms with Gasteiger partial charge >= 0.3 is 0 Å². The molecule has 2 rings (SSSR count). The molecule has 0 radical (unpaired) electrons. The lowest BCUT2D eigenvalue weighted by Gasteiger charge is -2.30. The summed E-state index contributed by atoms with van der Waals surface area (Å²) in [4.78, 5) is 4.35. The van der Waals surface area contributed by atoms with Crippen LogP contribution < -0.4 is 5.73 Å². The Morgan fingerprint density at radius 2 is 2.41 bits per heavy atom. The Bertz CT molecular complexity index is 383. The fourth-order valence-corrected chi connectivity index (χ4v) is 1.99. The van der Waals surface area contributed by atoms with Crippen LogP contribution in [0.25, 0.3) is 0 Å². The van der Waals surface area contributed by atoms with Crippen LogP contribution in [-0.2, 0) is 10.3 Å². The monoisotopic (exact) mass is 237 g/mol. The molecule has 0 amide bonds. The molecular weight excluding hydrogens is 218 g/mol. The second-order valence-corrected chi connectivity index (χ2v) is 4.62. The summed E-state index contributed by atoms with van der Waals surface area (Å²) in [6, 6.07) is -0.277. The molecule has 1 aliphatic rings. The Kier molecular flexibility index (Phi) is 3.59. The number of hydrogen-bond donors (Lipinski definition) is 1. The Balaban J connectivity index is 2.14. The summed E-state index contributed by atoms with van der Waals surface area (Å²) in [5.74, 6) is 1.06. The van der Waals surface area contributed by atoms with Crippen LogP contribution >= 0.6 is 0 Å². The molecule has 0 aliphatic carbocycles. The van der Waals surface area contributed by atoms with E-state index < -0.39 is 5.60 Å². The number of nitrogens with two attached hydrogens (primary N) is 1. The normalized spacial score (nSPS) is 26.7. The molecule has 0 spiro atoms. The Morgan fingerprint density at radius 1 is 1.59 bits per heavy atom. The van der Waals surface area contributed by atoms with Gasteiger partial charge in [-0.15, -0.1) is 6.58 Å². The Labute approximate surface area is 101 Å². The van der Waals surface area contributed by atoms with Gasteiger partial charge in [0.05, 0.1) is 6.04 Å². The van der Waals surface area contributed by atoms with E-state index >= 15 is 0 Å². The lowest BCUT2D eigenvalue weighted by atomic mass is 9.95. The van der Waals surface area contributed by atoms with Crippen molar-refractivity contribution in [2.24, 2.45) is 5.73 Å². The first-order valence-corrected chi connectivity index (χ1v) is 6.00. The molecule has 5 heteroatoms. The molecule has 0 saturated carbocycles. The van der Waals surface area contributed by atoms with Gasteiger partial charge < -0.3 is 15.0 Å². The van der Waals surface area contributed by atoms with Crippen molar-refractivity contribution in [1.82, 2.24) is 10.1 Å². The molecule has 2 heterocycles. The van der Waals surface area contributed by atoms with Gasteiger partial charge in [0, 0.05) is 6.61 Å². The molecule has 0 aromatic carbocycles. The number of hydrogen-bond acceptors (Lipinski definition) is 5. The third kappa shape index (κ3) is 2.56. The van der Waals surface area contributed by atoms with E-state index in [1.165, 1.54) is 0 Å². The predicted molar refractivity (Wildman–Crippen MR) is 63.2 cm³/mol. The minimum atomic E-state index is -0.423.